The van der Waals surface area contributed by atoms with Gasteiger partial charge in [-0.15, -0.1) is 0 Å². The van der Waals surface area contributed by atoms with Crippen molar-refractivity contribution >= 4 is 82.9 Å². The number of nitrogens with zero attached hydrogens (tertiary/aromatic N) is 2. The lowest BCUT2D eigenvalue weighted by atomic mass is 9.88. The van der Waals surface area contributed by atoms with Gasteiger partial charge in [0.1, 0.15) is 62.3 Å². The molecule has 32 nitrogen and oxygen atoms in total. The average molecular weight is 1810 g/mol. The summed E-state index contributed by atoms with van der Waals surface area (Å²) in [4.78, 5) is 171. The zero-order valence-corrected chi connectivity index (χ0v) is 75.4. The first-order valence-corrected chi connectivity index (χ1v) is 44.3. The molecule has 32 heteroatoms. The van der Waals surface area contributed by atoms with E-state index in [9.17, 15) is 63.0 Å². The van der Waals surface area contributed by atoms with Gasteiger partial charge in [0.05, 0.1) is 30.5 Å². The number of aliphatic imine (C=N–C) groups is 2. The number of Topliss-reactive ketones (excluding diaryl/α,β-unsaturated/α-hetero) is 2. The number of ether oxygens (including phenoxy) is 4. The normalized spacial score (nSPS) is 12.8. The third-order valence-corrected chi connectivity index (χ3v) is 21.9. The van der Waals surface area contributed by atoms with Crippen molar-refractivity contribution in [3.8, 4) is 11.5 Å². The second-order valence-corrected chi connectivity index (χ2v) is 32.5. The number of rotatable bonds is 53. The zero-order valence-electron chi connectivity index (χ0n) is 75.4. The van der Waals surface area contributed by atoms with Gasteiger partial charge in [0.2, 0.25) is 35.4 Å². The molecule has 704 valence electrons. The molecule has 0 unspecified atom stereocenters. The zero-order chi connectivity index (χ0) is 95.7. The van der Waals surface area contributed by atoms with Crippen LogP contribution >= 0.6 is 0 Å². The molecule has 0 aliphatic heterocycles. The number of ketones is 2. The first-order valence-electron chi connectivity index (χ1n) is 44.3. The van der Waals surface area contributed by atoms with E-state index >= 15 is 4.79 Å². The lowest BCUT2D eigenvalue weighted by Gasteiger charge is -2.25. The number of carbonyl (C=O) groups excluding carboxylic acids is 12. The Morgan fingerprint density at radius 1 is 0.371 bits per heavy atom. The molecule has 0 bridgehead atoms. The van der Waals surface area contributed by atoms with E-state index in [1.807, 2.05) is 92.7 Å². The van der Waals surface area contributed by atoms with Gasteiger partial charge in [-0.1, -0.05) is 182 Å². The second-order valence-electron chi connectivity index (χ2n) is 32.5. The Balaban J connectivity index is 0.000000436. The highest BCUT2D eigenvalue weighted by molar-refractivity contribution is 6.04. The van der Waals surface area contributed by atoms with Crippen LogP contribution in [0.2, 0.25) is 0 Å². The maximum atomic E-state index is 15.0. The van der Waals surface area contributed by atoms with E-state index in [1.54, 1.807) is 141 Å². The van der Waals surface area contributed by atoms with Crippen LogP contribution in [0.25, 0.3) is 0 Å². The predicted octanol–water partition coefficient (Wildman–Crippen LogP) is 9.24. The fraction of sp³-hybridized carbons (Fsp3) is 0.380. The highest BCUT2D eigenvalue weighted by Crippen LogP contribution is 2.28. The summed E-state index contributed by atoms with van der Waals surface area (Å²) in [7, 11) is 0. The minimum atomic E-state index is -1.30. The summed E-state index contributed by atoms with van der Waals surface area (Å²) in [6.45, 7) is 7.94. The van der Waals surface area contributed by atoms with Gasteiger partial charge >= 0.3 is 24.1 Å². The molecular weight excluding hydrogens is 1690 g/mol. The Hall–Kier alpha value is -14.1. The van der Waals surface area contributed by atoms with Gasteiger partial charge < -0.3 is 90.1 Å². The molecule has 0 heterocycles. The molecule has 0 saturated heterocycles. The molecular formula is C100H126N14O18. The number of benzene rings is 8. The Labute approximate surface area is 770 Å². The van der Waals surface area contributed by atoms with E-state index in [1.165, 1.54) is 0 Å². The largest absolute Gasteiger partial charge is 0.508 e. The number of amidine groups is 1. The van der Waals surface area contributed by atoms with Crippen LogP contribution < -0.4 is 66.3 Å². The van der Waals surface area contributed by atoms with E-state index in [0.717, 1.165) is 44.5 Å². The molecule has 20 N–H and O–H groups in total. The van der Waals surface area contributed by atoms with E-state index in [0.29, 0.717) is 67.3 Å². The molecule has 8 aromatic carbocycles. The number of hydrogen-bond acceptors (Lipinski definition) is 22. The van der Waals surface area contributed by atoms with Crippen molar-refractivity contribution in [3.05, 3.63) is 273 Å². The highest BCUT2D eigenvalue weighted by Gasteiger charge is 2.35. The quantitative estimate of drug-likeness (QED) is 0.00555. The Bertz CT molecular complexity index is 5000. The standard InChI is InChI=1S/C67H76N6O13.C33H50N8O5/c1-46-35-55(74)36-47(2)56(46)38-54(40-61(76)83-42-49-23-10-4-11-24-49)65(80)71-57(32-20-34-69-60(41-62(77)84-43-50-25-12-5-13-26-50)73-67(82)86-45-52-29-16-7-17-30-52)59(75)39-53(37-48-21-8-3-9-22-48)64(79)72-58(63(68)78)31-18-19-33-70-66(81)85-44-51-27-14-6-15-28-51;1-20-15-24(42)16-21(2)25(20)19-26(35)32(46)40-27(12-8-14-39-33(37)38)29(43)18-23(17-22-9-4-3-5-10-22)31(45)41-28(30(36)44)11-6-7-13-34/h3-17,21-30,35-36,53-54,57-58,74H,18-20,31-34,37-45H2,1-2H3,(H2,68,78)(H,70,81)(H,71,80)(H,72,79)(H,69,73,82);3-5,9-10,15-16,23,26-28,42H,6-8,11-14,17-19,34-35H2,1-2H3,(H2,36,44)(H,40,46)(H,41,45)(H4,37,38,39)/t53-,54-,57-,58+;23-,26+,27-,28+/m11/s1. The molecule has 0 aliphatic rings. The maximum Gasteiger partial charge on any atom is 0.412 e. The van der Waals surface area contributed by atoms with Crippen LogP contribution in [-0.2, 0) is 119 Å². The summed E-state index contributed by atoms with van der Waals surface area (Å²) in [5.74, 6) is -9.19. The van der Waals surface area contributed by atoms with Crippen molar-refractivity contribution in [2.45, 2.75) is 200 Å². The molecule has 0 fully saturated rings. The summed E-state index contributed by atoms with van der Waals surface area (Å²) < 4.78 is 21.9. The van der Waals surface area contributed by atoms with Crippen LogP contribution in [0.15, 0.2) is 216 Å². The molecule has 8 atom stereocenters. The fourth-order valence-electron chi connectivity index (χ4n) is 14.7. The van der Waals surface area contributed by atoms with Crippen LogP contribution in [-0.4, -0.2) is 150 Å². The summed E-state index contributed by atoms with van der Waals surface area (Å²) in [5.41, 5.74) is 43.1. The van der Waals surface area contributed by atoms with Gasteiger partial charge in [-0.25, -0.2) is 9.59 Å². The van der Waals surface area contributed by atoms with Crippen molar-refractivity contribution in [2.75, 3.05) is 26.2 Å². The Morgan fingerprint density at radius 2 is 0.712 bits per heavy atom. The third kappa shape index (κ3) is 39.4. The summed E-state index contributed by atoms with van der Waals surface area (Å²) in [6, 6.07) is 55.4. The lowest BCUT2D eigenvalue weighted by molar-refractivity contribution is -0.148. The maximum absolute atomic E-state index is 15.0. The van der Waals surface area contributed by atoms with Crippen molar-refractivity contribution < 1.29 is 86.7 Å². The Morgan fingerprint density at radius 3 is 1.11 bits per heavy atom. The number of nitrogens with one attached hydrogen (secondary N) is 6. The van der Waals surface area contributed by atoms with Crippen molar-refractivity contribution in [1.82, 2.24) is 31.9 Å². The van der Waals surface area contributed by atoms with Gasteiger partial charge in [0.15, 0.2) is 17.5 Å². The molecule has 0 radical (unpaired) electrons. The van der Waals surface area contributed by atoms with Crippen LogP contribution in [0.5, 0.6) is 11.5 Å². The average Bonchev–Trinajstić information content (AvgIpc) is 0.833. The van der Waals surface area contributed by atoms with Crippen molar-refractivity contribution in [2.24, 2.45) is 62.1 Å². The van der Waals surface area contributed by atoms with Gasteiger partial charge in [-0.2, -0.15) is 0 Å². The van der Waals surface area contributed by atoms with E-state index in [2.05, 4.69) is 41.9 Å². The number of aromatic hydroxyl groups is 2. The van der Waals surface area contributed by atoms with E-state index in [4.69, 9.17) is 53.3 Å². The number of phenols is 2. The number of carbonyl (C=O) groups is 12. The minimum Gasteiger partial charge on any atom is -0.508 e. The minimum absolute atomic E-state index is 0.0210. The van der Waals surface area contributed by atoms with Crippen LogP contribution in [0.4, 0.5) is 9.59 Å². The Kier molecular flexibility index (Phi) is 45.3. The van der Waals surface area contributed by atoms with Gasteiger partial charge in [-0.05, 0) is 215 Å². The van der Waals surface area contributed by atoms with E-state index in [-0.39, 0.29) is 139 Å². The number of unbranched alkanes of at least 4 members (excludes halogenated alkanes) is 2. The number of amides is 8. The van der Waals surface area contributed by atoms with Crippen LogP contribution in [0.1, 0.15) is 157 Å². The van der Waals surface area contributed by atoms with Crippen LogP contribution in [0, 0.1) is 45.4 Å². The van der Waals surface area contributed by atoms with Crippen molar-refractivity contribution in [3.63, 3.8) is 0 Å². The van der Waals surface area contributed by atoms with Gasteiger partial charge in [-0.3, -0.25) is 63.2 Å². The molecule has 8 amide bonds. The molecule has 8 rings (SSSR count). The summed E-state index contributed by atoms with van der Waals surface area (Å²) in [5, 5.41) is 36.7. The number of esters is 2. The first kappa shape index (κ1) is 105. The van der Waals surface area contributed by atoms with Gasteiger partial charge in [0, 0.05) is 44.3 Å². The van der Waals surface area contributed by atoms with Crippen LogP contribution in [0.3, 0.4) is 0 Å². The monoisotopic (exact) mass is 1810 g/mol. The number of phenolic OH excluding ortho intramolecular Hbond substituents is 2. The topological polar surface area (TPSA) is 535 Å². The van der Waals surface area contributed by atoms with E-state index < -0.39 is 126 Å². The number of hydrogen-bond donors (Lipinski definition) is 14. The number of primary amides is 2. The molecule has 0 spiro atoms. The number of aryl methyl sites for hydroxylation is 4. The molecule has 8 aromatic rings. The van der Waals surface area contributed by atoms with Crippen molar-refractivity contribution in [1.29, 1.82) is 0 Å². The molecule has 0 aliphatic carbocycles. The second kappa shape index (κ2) is 57.0. The SMILES string of the molecule is Cc1cc(O)cc(C)c1C[C@H](CC(=O)OCc1ccccc1)C(=O)N[C@H](CCCN=C(CC(=O)OCc1ccccc1)NC(=O)OCc1ccccc1)C(=O)C[C@@H](Cc1ccccc1)C(=O)N[C@@H](CCCCNC(=O)OCc1ccccc1)C(N)=O.Cc1cc(O)cc(C)c1C[C@H](N)C(=O)N[C@H](CCCN=C(N)N)C(=O)C[C@@H](Cc1ccccc1)C(=O)N[C@@H](CCCCN)C(N)=O. The lowest BCUT2D eigenvalue weighted by Crippen LogP contribution is -2.51. The third-order valence-electron chi connectivity index (χ3n) is 21.9. The first-order chi connectivity index (χ1) is 63.4. The molecule has 132 heavy (non-hydrogen) atoms. The number of alkyl carbamates (subject to hydrolysis) is 2. The summed E-state index contributed by atoms with van der Waals surface area (Å²) >= 11 is 0. The predicted molar refractivity (Wildman–Crippen MR) is 501 cm³/mol. The number of guanidine groups is 1. The fourth-order valence-corrected chi connectivity index (χ4v) is 14.7. The smallest absolute Gasteiger partial charge is 0.412 e. The summed E-state index contributed by atoms with van der Waals surface area (Å²) in [6.07, 6.45) is 0.599. The molecule has 0 aromatic heterocycles. The molecule has 0 saturated carbocycles. The van der Waals surface area contributed by atoms with Gasteiger partial charge in [0.25, 0.3) is 0 Å². The number of nitrogens with two attached hydrogens (primary N) is 6. The highest BCUT2D eigenvalue weighted by atomic mass is 16.6.